The SMILES string of the molecule is c1ccc2c(c1)sc1cc3c(cc12)c1ncccc1n3-c1cncnc1. The van der Waals surface area contributed by atoms with E-state index in [-0.39, 0.29) is 0 Å². The van der Waals surface area contributed by atoms with Gasteiger partial charge in [-0.3, -0.25) is 4.98 Å². The summed E-state index contributed by atoms with van der Waals surface area (Å²) in [7, 11) is 0. The molecule has 0 unspecified atom stereocenters. The molecular weight excluding hydrogens is 340 g/mol. The van der Waals surface area contributed by atoms with Gasteiger partial charge in [0.25, 0.3) is 0 Å². The second-order valence-corrected chi connectivity index (χ2v) is 7.35. The number of hydrogen-bond acceptors (Lipinski definition) is 4. The van der Waals surface area contributed by atoms with Crippen molar-refractivity contribution in [3.8, 4) is 5.69 Å². The Balaban J connectivity index is 1.85. The predicted molar refractivity (Wildman–Crippen MR) is 107 cm³/mol. The molecule has 0 bridgehead atoms. The average Bonchev–Trinajstić information content (AvgIpc) is 3.22. The van der Waals surface area contributed by atoms with Crippen molar-refractivity contribution in [1.29, 1.82) is 0 Å². The molecule has 4 aromatic heterocycles. The molecule has 0 N–H and O–H groups in total. The maximum absolute atomic E-state index is 4.67. The Morgan fingerprint density at radius 3 is 2.58 bits per heavy atom. The molecular formula is C21H12N4S. The van der Waals surface area contributed by atoms with Gasteiger partial charge in [-0.2, -0.15) is 0 Å². The third-order valence-corrected chi connectivity index (χ3v) is 5.96. The minimum absolute atomic E-state index is 0.945. The van der Waals surface area contributed by atoms with E-state index >= 15 is 0 Å². The highest BCUT2D eigenvalue weighted by Gasteiger charge is 2.16. The molecule has 0 atom stereocenters. The quantitative estimate of drug-likeness (QED) is 0.401. The number of rotatable bonds is 1. The van der Waals surface area contributed by atoms with Crippen LogP contribution in [0.4, 0.5) is 0 Å². The highest BCUT2D eigenvalue weighted by atomic mass is 32.1. The monoisotopic (exact) mass is 352 g/mol. The lowest BCUT2D eigenvalue weighted by Gasteiger charge is -2.05. The van der Waals surface area contributed by atoms with Crippen LogP contribution < -0.4 is 0 Å². The molecule has 6 aromatic rings. The zero-order chi connectivity index (χ0) is 17.1. The standard InChI is InChI=1S/C21H12N4S/c1-2-6-19-14(4-1)15-8-16-18(9-20(15)26-19)25(13-10-22-12-23-11-13)17-5-3-7-24-21(16)17/h1-12H. The van der Waals surface area contributed by atoms with Gasteiger partial charge in [-0.15, -0.1) is 11.3 Å². The van der Waals surface area contributed by atoms with Crippen molar-refractivity contribution >= 4 is 53.4 Å². The molecule has 0 saturated carbocycles. The number of pyridine rings is 1. The van der Waals surface area contributed by atoms with Crippen LogP contribution in [0.5, 0.6) is 0 Å². The second kappa shape index (κ2) is 5.09. The summed E-state index contributed by atoms with van der Waals surface area (Å²) in [4.78, 5) is 13.1. The summed E-state index contributed by atoms with van der Waals surface area (Å²) < 4.78 is 4.78. The zero-order valence-corrected chi connectivity index (χ0v) is 14.4. The van der Waals surface area contributed by atoms with Crippen LogP contribution in [-0.4, -0.2) is 19.5 Å². The molecule has 2 aromatic carbocycles. The summed E-state index contributed by atoms with van der Waals surface area (Å²) >= 11 is 1.83. The van der Waals surface area contributed by atoms with Crippen molar-refractivity contribution in [2.75, 3.05) is 0 Å². The first-order valence-corrected chi connectivity index (χ1v) is 9.17. The van der Waals surface area contributed by atoms with Gasteiger partial charge in [0, 0.05) is 31.8 Å². The van der Waals surface area contributed by atoms with Crippen LogP contribution in [0.25, 0.3) is 47.8 Å². The van der Waals surface area contributed by atoms with Crippen LogP contribution in [0.2, 0.25) is 0 Å². The molecule has 4 nitrogen and oxygen atoms in total. The largest absolute Gasteiger partial charge is 0.305 e. The molecule has 5 heteroatoms. The summed E-state index contributed by atoms with van der Waals surface area (Å²) in [6, 6.07) is 17.2. The Hall–Kier alpha value is -3.31. The lowest BCUT2D eigenvalue weighted by molar-refractivity contribution is 1.07. The maximum atomic E-state index is 4.67. The van der Waals surface area contributed by atoms with Crippen LogP contribution in [0, 0.1) is 0 Å². The number of aromatic nitrogens is 4. The van der Waals surface area contributed by atoms with E-state index in [1.54, 1.807) is 6.33 Å². The second-order valence-electron chi connectivity index (χ2n) is 6.27. The fraction of sp³-hybridized carbons (Fsp3) is 0. The Labute approximate surface area is 152 Å². The average molecular weight is 352 g/mol. The van der Waals surface area contributed by atoms with Gasteiger partial charge in [-0.25, -0.2) is 9.97 Å². The van der Waals surface area contributed by atoms with E-state index in [2.05, 4.69) is 62.0 Å². The van der Waals surface area contributed by atoms with Gasteiger partial charge < -0.3 is 4.57 Å². The molecule has 122 valence electrons. The first kappa shape index (κ1) is 13.9. The summed E-state index contributed by atoms with van der Waals surface area (Å²) in [6.07, 6.45) is 7.09. The Kier molecular flexibility index (Phi) is 2.73. The number of benzene rings is 2. The lowest BCUT2D eigenvalue weighted by atomic mass is 10.1. The third-order valence-electron chi connectivity index (χ3n) is 4.82. The normalized spacial score (nSPS) is 11.8. The van der Waals surface area contributed by atoms with E-state index in [4.69, 9.17) is 0 Å². The number of thiophene rings is 1. The lowest BCUT2D eigenvalue weighted by Crippen LogP contribution is -1.95. The van der Waals surface area contributed by atoms with Crippen LogP contribution in [0.1, 0.15) is 0 Å². The molecule has 0 aliphatic heterocycles. The van der Waals surface area contributed by atoms with Crippen molar-refractivity contribution in [2.45, 2.75) is 0 Å². The van der Waals surface area contributed by atoms with E-state index in [9.17, 15) is 0 Å². The summed E-state index contributed by atoms with van der Waals surface area (Å²) in [6.45, 7) is 0. The van der Waals surface area contributed by atoms with Gasteiger partial charge >= 0.3 is 0 Å². The van der Waals surface area contributed by atoms with Crippen LogP contribution in [0.3, 0.4) is 0 Å². The third kappa shape index (κ3) is 1.80. The van der Waals surface area contributed by atoms with Crippen LogP contribution >= 0.6 is 11.3 Å². The van der Waals surface area contributed by atoms with Gasteiger partial charge in [0.1, 0.15) is 6.33 Å². The summed E-state index contributed by atoms with van der Waals surface area (Å²) in [5.74, 6) is 0. The van der Waals surface area contributed by atoms with Gasteiger partial charge in [-0.05, 0) is 30.3 Å². The van der Waals surface area contributed by atoms with Gasteiger partial charge in [0.05, 0.1) is 34.6 Å². The maximum Gasteiger partial charge on any atom is 0.115 e. The fourth-order valence-electron chi connectivity index (χ4n) is 3.73. The van der Waals surface area contributed by atoms with E-state index in [0.717, 1.165) is 27.6 Å². The zero-order valence-electron chi connectivity index (χ0n) is 13.6. The number of hydrogen-bond donors (Lipinski definition) is 0. The summed E-state index contributed by atoms with van der Waals surface area (Å²) in [5.41, 5.74) is 4.15. The first-order valence-electron chi connectivity index (χ1n) is 8.36. The van der Waals surface area contributed by atoms with Crippen molar-refractivity contribution in [3.05, 3.63) is 73.4 Å². The molecule has 0 fully saturated rings. The Morgan fingerprint density at radius 2 is 1.65 bits per heavy atom. The van der Waals surface area contributed by atoms with E-state index < -0.39 is 0 Å². The molecule has 26 heavy (non-hydrogen) atoms. The molecule has 6 rings (SSSR count). The Morgan fingerprint density at radius 1 is 0.769 bits per heavy atom. The van der Waals surface area contributed by atoms with Crippen molar-refractivity contribution < 1.29 is 0 Å². The highest BCUT2D eigenvalue weighted by Crippen LogP contribution is 2.39. The Bertz CT molecular complexity index is 1430. The van der Waals surface area contributed by atoms with Crippen molar-refractivity contribution in [1.82, 2.24) is 19.5 Å². The van der Waals surface area contributed by atoms with E-state index in [0.29, 0.717) is 0 Å². The molecule has 0 amide bonds. The van der Waals surface area contributed by atoms with Crippen molar-refractivity contribution in [3.63, 3.8) is 0 Å². The highest BCUT2D eigenvalue weighted by molar-refractivity contribution is 7.25. The minimum atomic E-state index is 0.945. The smallest absolute Gasteiger partial charge is 0.115 e. The minimum Gasteiger partial charge on any atom is -0.305 e. The fourth-order valence-corrected chi connectivity index (χ4v) is 4.86. The van der Waals surface area contributed by atoms with Crippen LogP contribution in [-0.2, 0) is 0 Å². The topological polar surface area (TPSA) is 43.6 Å². The molecule has 4 heterocycles. The first-order chi connectivity index (χ1) is 12.9. The van der Waals surface area contributed by atoms with Gasteiger partial charge in [0.15, 0.2) is 0 Å². The number of nitrogens with zero attached hydrogens (tertiary/aromatic N) is 4. The molecule has 0 aliphatic carbocycles. The van der Waals surface area contributed by atoms with Gasteiger partial charge in [-0.1, -0.05) is 18.2 Å². The van der Waals surface area contributed by atoms with Crippen LogP contribution in [0.15, 0.2) is 73.4 Å². The molecule has 0 saturated heterocycles. The molecule has 0 spiro atoms. The van der Waals surface area contributed by atoms with Gasteiger partial charge in [0.2, 0.25) is 0 Å². The molecule has 0 aliphatic rings. The van der Waals surface area contributed by atoms with E-state index in [1.807, 2.05) is 36.0 Å². The molecule has 0 radical (unpaired) electrons. The van der Waals surface area contributed by atoms with E-state index in [1.165, 1.54) is 20.2 Å². The van der Waals surface area contributed by atoms with Crippen molar-refractivity contribution in [2.24, 2.45) is 0 Å². The summed E-state index contributed by atoms with van der Waals surface area (Å²) in [5, 5.41) is 3.74. The number of fused-ring (bicyclic) bond motifs is 6. The predicted octanol–water partition coefficient (Wildman–Crippen LogP) is 5.34.